The molecule has 3 heterocycles. The predicted molar refractivity (Wildman–Crippen MR) is 234 cm³/mol. The maximum Gasteiger partial charge on any atom is 0.417 e. The van der Waals surface area contributed by atoms with Crippen LogP contribution in [0.5, 0.6) is 0 Å². The van der Waals surface area contributed by atoms with Crippen molar-refractivity contribution < 1.29 is 52.7 Å². The van der Waals surface area contributed by atoms with E-state index < -0.39 is 58.1 Å². The van der Waals surface area contributed by atoms with Gasteiger partial charge in [0.1, 0.15) is 0 Å². The number of hydrogen-bond acceptors (Lipinski definition) is 2. The molecule has 0 radical (unpaired) electrons. The number of para-hydroxylation sites is 2. The van der Waals surface area contributed by atoms with Gasteiger partial charge in [0.2, 0.25) is 0 Å². The van der Waals surface area contributed by atoms with E-state index in [4.69, 9.17) is 0 Å². The van der Waals surface area contributed by atoms with Crippen molar-refractivity contribution in [2.24, 2.45) is 0 Å². The van der Waals surface area contributed by atoms with Gasteiger partial charge in [-0.1, -0.05) is 84.9 Å². The van der Waals surface area contributed by atoms with Gasteiger partial charge in [-0.2, -0.15) is 57.9 Å². The second-order valence-corrected chi connectivity index (χ2v) is 15.9. The van der Waals surface area contributed by atoms with Crippen molar-refractivity contribution in [1.29, 1.82) is 5.26 Å². The SMILES string of the molecule is N#Cc1ccc(-c2c(-n3c4ccccc4c4ccc(-c5ccc(C(F)(F)F)cc5C(F)(F)F)cc43)cncc2-n2c3ccccc3c3ccc(-c4ccc(C(F)(F)F)cc4C(F)(F)F)cc32)cc1. The molecule has 3 aromatic heterocycles. The lowest BCUT2D eigenvalue weighted by Crippen LogP contribution is -2.12. The number of pyridine rings is 1. The molecule has 0 N–H and O–H groups in total. The largest absolute Gasteiger partial charge is 0.417 e. The number of halogens is 12. The molecular formula is C52H26F12N4. The number of fused-ring (bicyclic) bond motifs is 6. The van der Waals surface area contributed by atoms with Gasteiger partial charge in [0, 0.05) is 27.1 Å². The standard InChI is InChI=1S/C52H26F12N4/c53-49(54,55)32-15-19-34(40(23-32)51(59,60)61)30-13-17-38-36-5-1-3-7-42(36)67(44(38)21-30)46-26-66-27-47(48(46)29-11-9-28(25-65)10-12-29)68-43-8-4-2-6-37(43)39-18-14-31(22-45(39)68)35-20-16-33(50(56,57)58)24-41(35)52(62,63)64/h1-24,26-27H. The van der Waals surface area contributed by atoms with E-state index in [1.807, 2.05) is 0 Å². The van der Waals surface area contributed by atoms with Crippen LogP contribution >= 0.6 is 0 Å². The Morgan fingerprint density at radius 1 is 0.397 bits per heavy atom. The van der Waals surface area contributed by atoms with Gasteiger partial charge in [-0.3, -0.25) is 4.98 Å². The molecule has 0 amide bonds. The first-order valence-electron chi connectivity index (χ1n) is 20.4. The summed E-state index contributed by atoms with van der Waals surface area (Å²) >= 11 is 0. The van der Waals surface area contributed by atoms with Gasteiger partial charge >= 0.3 is 24.7 Å². The Bertz CT molecular complexity index is 3480. The minimum absolute atomic E-state index is 0.0527. The van der Waals surface area contributed by atoms with Crippen molar-refractivity contribution >= 4 is 43.6 Å². The van der Waals surface area contributed by atoms with E-state index in [9.17, 15) is 57.9 Å². The maximum absolute atomic E-state index is 14.6. The van der Waals surface area contributed by atoms with Crippen LogP contribution in [0.25, 0.3) is 88.4 Å². The van der Waals surface area contributed by atoms with Crippen LogP contribution in [0.4, 0.5) is 52.7 Å². The number of nitrogens with zero attached hydrogens (tertiary/aromatic N) is 4. The summed E-state index contributed by atoms with van der Waals surface area (Å²) in [5, 5.41) is 12.2. The Morgan fingerprint density at radius 2 is 0.794 bits per heavy atom. The lowest BCUT2D eigenvalue weighted by atomic mass is 9.95. The maximum atomic E-state index is 14.6. The molecule has 16 heteroatoms. The molecule has 10 aromatic rings. The van der Waals surface area contributed by atoms with Crippen molar-refractivity contribution in [3.8, 4) is 50.8 Å². The van der Waals surface area contributed by atoms with E-state index in [0.717, 1.165) is 12.1 Å². The number of alkyl halides is 12. The van der Waals surface area contributed by atoms with Crippen LogP contribution in [0, 0.1) is 11.3 Å². The highest BCUT2D eigenvalue weighted by Crippen LogP contribution is 2.47. The minimum Gasteiger partial charge on any atom is -0.307 e. The Morgan fingerprint density at radius 3 is 1.19 bits per heavy atom. The average molecular weight is 935 g/mol. The van der Waals surface area contributed by atoms with Gasteiger partial charge in [0.05, 0.1) is 79.7 Å². The molecule has 4 nitrogen and oxygen atoms in total. The first-order chi connectivity index (χ1) is 32.2. The van der Waals surface area contributed by atoms with Crippen LogP contribution in [0.2, 0.25) is 0 Å². The van der Waals surface area contributed by atoms with Crippen molar-refractivity contribution in [3.05, 3.63) is 186 Å². The van der Waals surface area contributed by atoms with Crippen molar-refractivity contribution in [2.45, 2.75) is 24.7 Å². The number of benzene rings is 7. The van der Waals surface area contributed by atoms with Gasteiger partial charge in [0.15, 0.2) is 0 Å². The van der Waals surface area contributed by atoms with E-state index in [-0.39, 0.29) is 23.3 Å². The highest BCUT2D eigenvalue weighted by molar-refractivity contribution is 6.13. The zero-order chi connectivity index (χ0) is 48.1. The fraction of sp³-hybridized carbons (Fsp3) is 0.0769. The number of rotatable bonds is 5. The van der Waals surface area contributed by atoms with Crippen LogP contribution in [0.3, 0.4) is 0 Å². The smallest absolute Gasteiger partial charge is 0.307 e. The molecule has 0 saturated carbocycles. The molecule has 0 aliphatic carbocycles. The first kappa shape index (κ1) is 43.8. The highest BCUT2D eigenvalue weighted by atomic mass is 19.4. The summed E-state index contributed by atoms with van der Waals surface area (Å²) < 4.78 is 173. The van der Waals surface area contributed by atoms with Gasteiger partial charge in [-0.15, -0.1) is 0 Å². The quantitative estimate of drug-likeness (QED) is 0.161. The number of nitriles is 1. The molecular weight excluding hydrogens is 909 g/mol. The highest BCUT2D eigenvalue weighted by Gasteiger charge is 2.40. The van der Waals surface area contributed by atoms with Gasteiger partial charge in [-0.05, 0) is 88.5 Å². The summed E-state index contributed by atoms with van der Waals surface area (Å²) in [6.07, 6.45) is -17.5. The topological polar surface area (TPSA) is 46.5 Å². The van der Waals surface area contributed by atoms with Crippen LogP contribution in [-0.2, 0) is 24.7 Å². The molecule has 0 bridgehead atoms. The number of hydrogen-bond donors (Lipinski definition) is 0. The molecule has 0 aliphatic rings. The summed E-state index contributed by atoms with van der Waals surface area (Å²) in [6.45, 7) is 0. The van der Waals surface area contributed by atoms with E-state index in [0.29, 0.717) is 83.8 Å². The molecule has 0 atom stereocenters. The van der Waals surface area contributed by atoms with E-state index in [2.05, 4.69) is 11.1 Å². The van der Waals surface area contributed by atoms with Gasteiger partial charge < -0.3 is 9.13 Å². The Kier molecular flexibility index (Phi) is 9.99. The summed E-state index contributed by atoms with van der Waals surface area (Å²) in [4.78, 5) is 4.66. The monoisotopic (exact) mass is 934 g/mol. The lowest BCUT2D eigenvalue weighted by molar-refractivity contribution is -0.144. The molecule has 0 unspecified atom stereocenters. The Hall–Kier alpha value is -8.06. The van der Waals surface area contributed by atoms with Crippen molar-refractivity contribution in [2.75, 3.05) is 0 Å². The van der Waals surface area contributed by atoms with E-state index in [1.165, 1.54) is 36.7 Å². The summed E-state index contributed by atoms with van der Waals surface area (Å²) in [7, 11) is 0. The summed E-state index contributed by atoms with van der Waals surface area (Å²) in [5.74, 6) is 0. The van der Waals surface area contributed by atoms with E-state index >= 15 is 0 Å². The molecule has 0 saturated heterocycles. The molecule has 10 rings (SSSR count). The molecule has 338 valence electrons. The lowest BCUT2D eigenvalue weighted by Gasteiger charge is -2.20. The zero-order valence-electron chi connectivity index (χ0n) is 34.3. The molecule has 0 aliphatic heterocycles. The number of aromatic nitrogens is 3. The summed E-state index contributed by atoms with van der Waals surface area (Å²) in [5.41, 5.74) is -3.45. The Labute approximate surface area is 376 Å². The van der Waals surface area contributed by atoms with Gasteiger partial charge in [-0.25, -0.2) is 0 Å². The molecule has 68 heavy (non-hydrogen) atoms. The van der Waals surface area contributed by atoms with Crippen LogP contribution in [0.1, 0.15) is 27.8 Å². The minimum atomic E-state index is -5.18. The predicted octanol–water partition coefficient (Wildman–Crippen LogP) is 16.2. The van der Waals surface area contributed by atoms with Gasteiger partial charge in [0.25, 0.3) is 0 Å². The third-order valence-electron chi connectivity index (χ3n) is 12.0. The fourth-order valence-electron chi connectivity index (χ4n) is 8.99. The molecule has 0 spiro atoms. The normalized spacial score (nSPS) is 12.7. The molecule has 0 fully saturated rings. The second kappa shape index (κ2) is 15.5. The molecule has 7 aromatic carbocycles. The van der Waals surface area contributed by atoms with Crippen molar-refractivity contribution in [3.63, 3.8) is 0 Å². The van der Waals surface area contributed by atoms with Crippen molar-refractivity contribution in [1.82, 2.24) is 14.1 Å². The average Bonchev–Trinajstić information content (AvgIpc) is 3.81. The Balaban J connectivity index is 1.29. The third-order valence-corrected chi connectivity index (χ3v) is 12.0. The first-order valence-corrected chi connectivity index (χ1v) is 20.4. The van der Waals surface area contributed by atoms with Crippen LogP contribution in [0.15, 0.2) is 158 Å². The van der Waals surface area contributed by atoms with Crippen LogP contribution < -0.4 is 0 Å². The fourth-order valence-corrected chi connectivity index (χ4v) is 8.99. The van der Waals surface area contributed by atoms with E-state index in [1.54, 1.807) is 94.1 Å². The summed E-state index contributed by atoms with van der Waals surface area (Å²) in [6, 6.07) is 34.3. The second-order valence-electron chi connectivity index (χ2n) is 15.9. The zero-order valence-corrected chi connectivity index (χ0v) is 34.3. The van der Waals surface area contributed by atoms with Crippen LogP contribution in [-0.4, -0.2) is 14.1 Å². The third kappa shape index (κ3) is 7.34.